The number of benzene rings is 10. The molecule has 5 heteroatoms. The first-order chi connectivity index (χ1) is 33.8. The number of nitrogens with zero attached hydrogens (tertiary/aromatic N) is 5. The van der Waals surface area contributed by atoms with Crippen molar-refractivity contribution in [2.45, 2.75) is 0 Å². The number of fused-ring (bicyclic) bond motifs is 7. The first kappa shape index (κ1) is 39.2. The summed E-state index contributed by atoms with van der Waals surface area (Å²) >= 11 is 0. The van der Waals surface area contributed by atoms with Gasteiger partial charge in [0, 0.05) is 43.8 Å². The summed E-state index contributed by atoms with van der Waals surface area (Å²) in [5.41, 5.74) is 16.3. The Morgan fingerprint density at radius 3 is 1.34 bits per heavy atom. The lowest BCUT2D eigenvalue weighted by molar-refractivity contribution is 0.954. The Morgan fingerprint density at radius 2 is 0.706 bits per heavy atom. The van der Waals surface area contributed by atoms with Gasteiger partial charge in [-0.2, -0.15) is 9.97 Å². The summed E-state index contributed by atoms with van der Waals surface area (Å²) in [6.45, 7) is 0. The summed E-state index contributed by atoms with van der Waals surface area (Å²) in [6.07, 6.45) is 0. The largest absolute Gasteiger partial charge is 0.307 e. The van der Waals surface area contributed by atoms with Crippen molar-refractivity contribution in [1.82, 2.24) is 24.1 Å². The van der Waals surface area contributed by atoms with Crippen LogP contribution in [0.3, 0.4) is 0 Å². The van der Waals surface area contributed by atoms with E-state index >= 15 is 0 Å². The lowest BCUT2D eigenvalue weighted by atomic mass is 9.95. The van der Waals surface area contributed by atoms with Crippen LogP contribution in [0.5, 0.6) is 0 Å². The van der Waals surface area contributed by atoms with E-state index in [1.807, 2.05) is 12.1 Å². The molecule has 0 atom stereocenters. The van der Waals surface area contributed by atoms with Gasteiger partial charge in [0.25, 0.3) is 0 Å². The van der Waals surface area contributed by atoms with E-state index in [0.717, 1.165) is 94.2 Å². The van der Waals surface area contributed by atoms with E-state index < -0.39 is 0 Å². The van der Waals surface area contributed by atoms with Gasteiger partial charge in [0.05, 0.1) is 27.8 Å². The minimum Gasteiger partial charge on any atom is -0.307 e. The second-order valence-corrected chi connectivity index (χ2v) is 17.1. The molecular formula is C63H41N5. The molecule has 0 aliphatic carbocycles. The summed E-state index contributed by atoms with van der Waals surface area (Å²) in [5.74, 6) is 1.74. The van der Waals surface area contributed by atoms with E-state index in [1.54, 1.807) is 0 Å². The fourth-order valence-corrected chi connectivity index (χ4v) is 10.1. The van der Waals surface area contributed by atoms with Crippen LogP contribution in [-0.2, 0) is 0 Å². The summed E-state index contributed by atoms with van der Waals surface area (Å²) in [4.78, 5) is 16.2. The maximum absolute atomic E-state index is 5.47. The first-order valence-corrected chi connectivity index (χ1v) is 23.0. The highest BCUT2D eigenvalue weighted by molar-refractivity contribution is 6.26. The van der Waals surface area contributed by atoms with Gasteiger partial charge in [-0.3, -0.25) is 4.57 Å². The number of para-hydroxylation sites is 3. The van der Waals surface area contributed by atoms with Crippen LogP contribution >= 0.6 is 0 Å². The maximum atomic E-state index is 5.47. The molecular weight excluding hydrogens is 827 g/mol. The molecule has 0 N–H and O–H groups in total. The zero-order valence-corrected chi connectivity index (χ0v) is 36.9. The molecule has 0 aliphatic heterocycles. The second-order valence-electron chi connectivity index (χ2n) is 17.1. The summed E-state index contributed by atoms with van der Waals surface area (Å²) in [7, 11) is 0. The van der Waals surface area contributed by atoms with E-state index in [4.69, 9.17) is 15.0 Å². The predicted molar refractivity (Wildman–Crippen MR) is 281 cm³/mol. The lowest BCUT2D eigenvalue weighted by Gasteiger charge is -2.19. The summed E-state index contributed by atoms with van der Waals surface area (Å²) in [6, 6.07) is 88.1. The van der Waals surface area contributed by atoms with Gasteiger partial charge >= 0.3 is 0 Å². The third kappa shape index (κ3) is 6.51. The highest BCUT2D eigenvalue weighted by Gasteiger charge is 2.26. The predicted octanol–water partition coefficient (Wildman–Crippen LogP) is 16.1. The molecule has 0 radical (unpaired) electrons. The minimum absolute atomic E-state index is 0.544. The van der Waals surface area contributed by atoms with Gasteiger partial charge in [0.1, 0.15) is 0 Å². The topological polar surface area (TPSA) is 48.5 Å². The lowest BCUT2D eigenvalue weighted by Crippen LogP contribution is -2.07. The fraction of sp³-hybridized carbons (Fsp3) is 0. The molecule has 0 saturated heterocycles. The minimum atomic E-state index is 0.544. The summed E-state index contributed by atoms with van der Waals surface area (Å²) in [5, 5.41) is 4.59. The SMILES string of the molecule is c1ccc(-c2ccc(-c3nc(-c4ccccc4-c4ccccc4)nc(-n4c5ccccc5c5c4ccc4c6ccccc6n(-c6c(-c7ccccc7)cccc6-c6ccccc6)c45)n3)cc2)cc1. The van der Waals surface area contributed by atoms with E-state index in [1.165, 1.54) is 10.8 Å². The molecule has 0 fully saturated rings. The zero-order chi connectivity index (χ0) is 45.0. The molecule has 13 rings (SSSR count). The van der Waals surface area contributed by atoms with Gasteiger partial charge in [-0.1, -0.05) is 231 Å². The molecule has 13 aromatic rings. The van der Waals surface area contributed by atoms with Gasteiger partial charge in [-0.05, 0) is 51.6 Å². The molecule has 318 valence electrons. The highest BCUT2D eigenvalue weighted by Crippen LogP contribution is 2.46. The smallest absolute Gasteiger partial charge is 0.238 e. The van der Waals surface area contributed by atoms with Crippen molar-refractivity contribution in [2.24, 2.45) is 0 Å². The maximum Gasteiger partial charge on any atom is 0.238 e. The molecule has 3 heterocycles. The molecule has 68 heavy (non-hydrogen) atoms. The third-order valence-electron chi connectivity index (χ3n) is 13.2. The molecule has 0 aliphatic rings. The van der Waals surface area contributed by atoms with E-state index in [2.05, 4.69) is 246 Å². The van der Waals surface area contributed by atoms with Crippen molar-refractivity contribution in [3.8, 4) is 78.9 Å². The van der Waals surface area contributed by atoms with Crippen LogP contribution < -0.4 is 0 Å². The van der Waals surface area contributed by atoms with Crippen molar-refractivity contribution in [1.29, 1.82) is 0 Å². The van der Waals surface area contributed by atoms with Gasteiger partial charge in [-0.25, -0.2) is 4.98 Å². The van der Waals surface area contributed by atoms with Gasteiger partial charge in [0.2, 0.25) is 5.95 Å². The first-order valence-electron chi connectivity index (χ1n) is 23.0. The van der Waals surface area contributed by atoms with Crippen LogP contribution in [0.15, 0.2) is 249 Å². The average Bonchev–Trinajstić information content (AvgIpc) is 3.94. The van der Waals surface area contributed by atoms with Crippen LogP contribution in [0.2, 0.25) is 0 Å². The third-order valence-corrected chi connectivity index (χ3v) is 13.2. The van der Waals surface area contributed by atoms with Crippen molar-refractivity contribution in [3.63, 3.8) is 0 Å². The molecule has 5 nitrogen and oxygen atoms in total. The van der Waals surface area contributed by atoms with Crippen molar-refractivity contribution in [2.75, 3.05) is 0 Å². The Morgan fingerprint density at radius 1 is 0.250 bits per heavy atom. The van der Waals surface area contributed by atoms with Crippen LogP contribution in [0.1, 0.15) is 0 Å². The standard InChI is InChI=1S/C63H41N5/c1-5-20-42(21-6-1)43-36-38-47(39-37-43)61-64-62(53-30-14-13-28-48(53)44-22-7-2-8-23-44)66-63(65-61)67-56-35-18-16-31-54(56)58-57(67)41-40-52-51-29-15-17-34-55(51)68(60(52)58)59-49(45-24-9-3-10-25-45)32-19-33-50(59)46-26-11-4-12-27-46/h1-41H. The Hall–Kier alpha value is -9.19. The van der Waals surface area contributed by atoms with E-state index in [9.17, 15) is 0 Å². The quantitative estimate of drug-likeness (QED) is 0.153. The van der Waals surface area contributed by atoms with Crippen LogP contribution in [0.25, 0.3) is 123 Å². The highest BCUT2D eigenvalue weighted by atomic mass is 15.2. The van der Waals surface area contributed by atoms with Gasteiger partial charge in [0.15, 0.2) is 11.6 Å². The number of hydrogen-bond acceptors (Lipinski definition) is 3. The molecule has 0 saturated carbocycles. The van der Waals surface area contributed by atoms with Crippen LogP contribution in [-0.4, -0.2) is 24.1 Å². The van der Waals surface area contributed by atoms with Crippen molar-refractivity contribution in [3.05, 3.63) is 249 Å². The normalized spacial score (nSPS) is 11.5. The van der Waals surface area contributed by atoms with E-state index in [0.29, 0.717) is 17.6 Å². The van der Waals surface area contributed by atoms with Crippen LogP contribution in [0, 0.1) is 0 Å². The summed E-state index contributed by atoms with van der Waals surface area (Å²) < 4.78 is 4.76. The monoisotopic (exact) mass is 867 g/mol. The zero-order valence-electron chi connectivity index (χ0n) is 36.9. The van der Waals surface area contributed by atoms with Gasteiger partial charge in [-0.15, -0.1) is 0 Å². The number of aromatic nitrogens is 5. The van der Waals surface area contributed by atoms with Gasteiger partial charge < -0.3 is 4.57 Å². The molecule has 3 aromatic heterocycles. The second kappa shape index (κ2) is 16.4. The Labute approximate surface area is 393 Å². The Kier molecular flexibility index (Phi) is 9.43. The fourth-order valence-electron chi connectivity index (χ4n) is 10.1. The van der Waals surface area contributed by atoms with Crippen molar-refractivity contribution >= 4 is 43.6 Å². The molecule has 0 amide bonds. The number of hydrogen-bond donors (Lipinski definition) is 0. The van der Waals surface area contributed by atoms with Crippen molar-refractivity contribution < 1.29 is 0 Å². The molecule has 0 bridgehead atoms. The Bertz CT molecular complexity index is 3930. The average molecular weight is 868 g/mol. The Balaban J connectivity index is 1.12. The molecule has 0 unspecified atom stereocenters. The molecule has 10 aromatic carbocycles. The van der Waals surface area contributed by atoms with E-state index in [-0.39, 0.29) is 0 Å². The van der Waals surface area contributed by atoms with Crippen LogP contribution in [0.4, 0.5) is 0 Å². The molecule has 0 spiro atoms. The number of rotatable bonds is 8.